The number of ether oxygens (including phenoxy) is 1. The first-order chi connectivity index (χ1) is 9.37. The van der Waals surface area contributed by atoms with E-state index < -0.39 is 4.92 Å². The molecule has 0 radical (unpaired) electrons. The van der Waals surface area contributed by atoms with Crippen LogP contribution in [0.2, 0.25) is 5.02 Å². The van der Waals surface area contributed by atoms with Gasteiger partial charge >= 0.3 is 0 Å². The zero-order valence-corrected chi connectivity index (χ0v) is 12.7. The molecular formula is C15H20ClNO3. The molecule has 0 aromatic heterocycles. The number of hydrogen-bond acceptors (Lipinski definition) is 3. The molecule has 110 valence electrons. The average Bonchev–Trinajstić information content (AvgIpc) is 2.38. The van der Waals surface area contributed by atoms with Crippen LogP contribution in [0.3, 0.4) is 0 Å². The molecule has 1 aromatic rings. The Bertz CT molecular complexity index is 492. The topological polar surface area (TPSA) is 52.4 Å². The number of halogens is 1. The third-order valence-electron chi connectivity index (χ3n) is 3.98. The van der Waals surface area contributed by atoms with Gasteiger partial charge in [-0.1, -0.05) is 31.5 Å². The molecule has 1 fully saturated rings. The molecule has 0 heterocycles. The van der Waals surface area contributed by atoms with Crippen molar-refractivity contribution in [3.8, 4) is 0 Å². The van der Waals surface area contributed by atoms with Crippen molar-refractivity contribution in [3.63, 3.8) is 0 Å². The largest absolute Gasteiger partial charge is 0.374 e. The molecule has 0 bridgehead atoms. The minimum atomic E-state index is -0.463. The summed E-state index contributed by atoms with van der Waals surface area (Å²) in [6.07, 6.45) is 4.71. The monoisotopic (exact) mass is 297 g/mol. The van der Waals surface area contributed by atoms with E-state index in [0.29, 0.717) is 12.0 Å². The minimum absolute atomic E-state index is 0.0578. The lowest BCUT2D eigenvalue weighted by Gasteiger charge is -2.34. The summed E-state index contributed by atoms with van der Waals surface area (Å²) in [5.41, 5.74) is 1.15. The molecule has 20 heavy (non-hydrogen) atoms. The maximum atomic E-state index is 10.8. The van der Waals surface area contributed by atoms with Crippen LogP contribution in [-0.4, -0.2) is 11.0 Å². The molecule has 1 aliphatic rings. The van der Waals surface area contributed by atoms with Gasteiger partial charge in [-0.15, -0.1) is 0 Å². The van der Waals surface area contributed by atoms with Gasteiger partial charge in [0, 0.05) is 6.07 Å². The van der Waals surface area contributed by atoms with E-state index in [-0.39, 0.29) is 16.8 Å². The zero-order valence-electron chi connectivity index (χ0n) is 11.9. The van der Waals surface area contributed by atoms with Crippen molar-refractivity contribution in [3.05, 3.63) is 38.9 Å². The fraction of sp³-hybridized carbons (Fsp3) is 0.600. The summed E-state index contributed by atoms with van der Waals surface area (Å²) in [5, 5.41) is 11.0. The van der Waals surface area contributed by atoms with Gasteiger partial charge in [0.1, 0.15) is 5.02 Å². The van der Waals surface area contributed by atoms with E-state index in [0.717, 1.165) is 18.4 Å². The Labute approximate surface area is 124 Å². The second-order valence-electron chi connectivity index (χ2n) is 6.22. The fourth-order valence-electron chi connectivity index (χ4n) is 2.54. The van der Waals surface area contributed by atoms with E-state index in [4.69, 9.17) is 16.3 Å². The average molecular weight is 298 g/mol. The number of hydrogen-bond donors (Lipinski definition) is 0. The molecule has 0 atom stereocenters. The van der Waals surface area contributed by atoms with Gasteiger partial charge in [0.25, 0.3) is 5.69 Å². The Morgan fingerprint density at radius 3 is 2.65 bits per heavy atom. The second-order valence-corrected chi connectivity index (χ2v) is 6.62. The lowest BCUT2D eigenvalue weighted by Crippen LogP contribution is -2.26. The van der Waals surface area contributed by atoms with Crippen molar-refractivity contribution in [2.75, 3.05) is 0 Å². The molecule has 5 heteroatoms. The molecular weight excluding hydrogens is 278 g/mol. The first-order valence-electron chi connectivity index (χ1n) is 6.92. The summed E-state index contributed by atoms with van der Waals surface area (Å²) in [6, 6.07) is 4.83. The highest BCUT2D eigenvalue weighted by Crippen LogP contribution is 2.36. The van der Waals surface area contributed by atoms with Gasteiger partial charge in [0.05, 0.1) is 17.6 Å². The number of nitro benzene ring substituents is 1. The lowest BCUT2D eigenvalue weighted by atomic mass is 9.76. The van der Waals surface area contributed by atoms with Gasteiger partial charge in [0.2, 0.25) is 0 Å². The van der Waals surface area contributed by atoms with E-state index in [1.807, 2.05) is 0 Å². The normalized spacial score (nSPS) is 18.9. The standard InChI is InChI=1S/C15H20ClNO3/c1-15(2)7-5-12(6-8-15)20-10-11-3-4-13(16)14(9-11)17(18)19/h3-4,9,12H,5-8,10H2,1-2H3. The van der Waals surface area contributed by atoms with Crippen molar-refractivity contribution in [1.82, 2.24) is 0 Å². The third kappa shape index (κ3) is 3.93. The van der Waals surface area contributed by atoms with E-state index in [1.54, 1.807) is 12.1 Å². The predicted molar refractivity (Wildman–Crippen MR) is 78.9 cm³/mol. The van der Waals surface area contributed by atoms with Crippen LogP contribution in [0.4, 0.5) is 5.69 Å². The maximum absolute atomic E-state index is 10.8. The lowest BCUT2D eigenvalue weighted by molar-refractivity contribution is -0.384. The summed E-state index contributed by atoms with van der Waals surface area (Å²) < 4.78 is 5.87. The van der Waals surface area contributed by atoms with Crippen molar-refractivity contribution < 1.29 is 9.66 Å². The van der Waals surface area contributed by atoms with Gasteiger partial charge in [0.15, 0.2) is 0 Å². The SMILES string of the molecule is CC1(C)CCC(OCc2ccc(Cl)c([N+](=O)[O-])c2)CC1. The quantitative estimate of drug-likeness (QED) is 0.596. The van der Waals surface area contributed by atoms with Crippen LogP contribution in [0.25, 0.3) is 0 Å². The molecule has 1 aromatic carbocycles. The highest BCUT2D eigenvalue weighted by Gasteiger charge is 2.27. The number of benzene rings is 1. The van der Waals surface area contributed by atoms with E-state index in [1.165, 1.54) is 18.9 Å². The van der Waals surface area contributed by atoms with E-state index in [9.17, 15) is 10.1 Å². The molecule has 0 unspecified atom stereocenters. The molecule has 2 rings (SSSR count). The van der Waals surface area contributed by atoms with Gasteiger partial charge < -0.3 is 4.74 Å². The van der Waals surface area contributed by atoms with Crippen molar-refractivity contribution in [1.29, 1.82) is 0 Å². The first-order valence-corrected chi connectivity index (χ1v) is 7.30. The Hall–Kier alpha value is -1.13. The van der Waals surface area contributed by atoms with Crippen LogP contribution < -0.4 is 0 Å². The smallest absolute Gasteiger partial charge is 0.288 e. The minimum Gasteiger partial charge on any atom is -0.374 e. The van der Waals surface area contributed by atoms with Crippen LogP contribution in [-0.2, 0) is 11.3 Å². The van der Waals surface area contributed by atoms with Crippen molar-refractivity contribution >= 4 is 17.3 Å². The summed E-state index contributed by atoms with van der Waals surface area (Å²) in [7, 11) is 0. The van der Waals surface area contributed by atoms with Crippen LogP contribution in [0.1, 0.15) is 45.1 Å². The first kappa shape index (κ1) is 15.3. The number of rotatable bonds is 4. The number of nitrogens with zero attached hydrogens (tertiary/aromatic N) is 1. The summed E-state index contributed by atoms with van der Waals surface area (Å²) in [6.45, 7) is 4.97. The van der Waals surface area contributed by atoms with Crippen LogP contribution in [0.5, 0.6) is 0 Å². The number of nitro groups is 1. The zero-order chi connectivity index (χ0) is 14.8. The highest BCUT2D eigenvalue weighted by molar-refractivity contribution is 6.32. The van der Waals surface area contributed by atoms with Crippen molar-refractivity contribution in [2.24, 2.45) is 5.41 Å². The molecule has 0 spiro atoms. The molecule has 4 nitrogen and oxygen atoms in total. The highest BCUT2D eigenvalue weighted by atomic mass is 35.5. The Morgan fingerprint density at radius 2 is 2.05 bits per heavy atom. The molecule has 1 saturated carbocycles. The summed E-state index contributed by atoms with van der Waals surface area (Å²) in [4.78, 5) is 10.4. The fourth-order valence-corrected chi connectivity index (χ4v) is 2.73. The molecule has 0 amide bonds. The van der Waals surface area contributed by atoms with Gasteiger partial charge in [-0.25, -0.2) is 0 Å². The summed E-state index contributed by atoms with van der Waals surface area (Å²) in [5.74, 6) is 0. The molecule has 0 saturated heterocycles. The Morgan fingerprint density at radius 1 is 1.40 bits per heavy atom. The Balaban J connectivity index is 1.92. The van der Waals surface area contributed by atoms with Crippen molar-refractivity contribution in [2.45, 2.75) is 52.2 Å². The van der Waals surface area contributed by atoms with E-state index >= 15 is 0 Å². The van der Waals surface area contributed by atoms with Gasteiger partial charge in [-0.05, 0) is 42.7 Å². The van der Waals surface area contributed by atoms with Crippen LogP contribution in [0, 0.1) is 15.5 Å². The summed E-state index contributed by atoms with van der Waals surface area (Å²) >= 11 is 5.79. The van der Waals surface area contributed by atoms with Gasteiger partial charge in [-0.3, -0.25) is 10.1 Å². The molecule has 1 aliphatic carbocycles. The third-order valence-corrected chi connectivity index (χ3v) is 4.30. The van der Waals surface area contributed by atoms with E-state index in [2.05, 4.69) is 13.8 Å². The predicted octanol–water partition coefficient (Wildman–Crippen LogP) is 4.73. The van der Waals surface area contributed by atoms with Gasteiger partial charge in [-0.2, -0.15) is 0 Å². The molecule has 0 N–H and O–H groups in total. The van der Waals surface area contributed by atoms with Crippen LogP contribution in [0.15, 0.2) is 18.2 Å². The second kappa shape index (κ2) is 6.10. The Kier molecular flexibility index (Phi) is 4.66. The molecule has 0 aliphatic heterocycles. The van der Waals surface area contributed by atoms with Crippen LogP contribution >= 0.6 is 11.6 Å². The maximum Gasteiger partial charge on any atom is 0.288 e.